The third kappa shape index (κ3) is 4.80. The van der Waals surface area contributed by atoms with E-state index in [1.54, 1.807) is 0 Å². The van der Waals surface area contributed by atoms with Crippen molar-refractivity contribution in [1.82, 2.24) is 13.9 Å². The first-order valence-electron chi connectivity index (χ1n) is 8.82. The van der Waals surface area contributed by atoms with Gasteiger partial charge in [-0.25, -0.2) is 0 Å². The topological polar surface area (TPSA) is 69.7 Å². The van der Waals surface area contributed by atoms with Gasteiger partial charge in [0.2, 0.25) is 5.91 Å². The van der Waals surface area contributed by atoms with E-state index in [2.05, 4.69) is 36.5 Å². The van der Waals surface area contributed by atoms with E-state index in [0.29, 0.717) is 25.9 Å². The summed E-state index contributed by atoms with van der Waals surface area (Å²) in [5.41, 5.74) is 2.36. The van der Waals surface area contributed by atoms with E-state index >= 15 is 0 Å². The number of carbonyl (C=O) groups excluding carboxylic acids is 1. The van der Waals surface area contributed by atoms with Gasteiger partial charge in [0.15, 0.2) is 0 Å². The second kappa shape index (κ2) is 8.29. The molecular formula is C18H29N3O3S. The average molecular weight is 368 g/mol. The first kappa shape index (κ1) is 19.9. The fraction of sp³-hybridized carbons (Fsp3) is 0.611. The minimum absolute atomic E-state index is 0.00830. The molecule has 1 aromatic carbocycles. The van der Waals surface area contributed by atoms with Crippen LogP contribution in [0.3, 0.4) is 0 Å². The molecule has 2 rings (SSSR count). The molecule has 1 heterocycles. The molecule has 0 aromatic heterocycles. The van der Waals surface area contributed by atoms with Crippen molar-refractivity contribution >= 4 is 16.1 Å². The fourth-order valence-corrected chi connectivity index (χ4v) is 4.17. The lowest BCUT2D eigenvalue weighted by Crippen LogP contribution is -2.47. The summed E-state index contributed by atoms with van der Waals surface area (Å²) in [6, 6.07) is 8.22. The normalized spacial score (nSPS) is 18.3. The summed E-state index contributed by atoms with van der Waals surface area (Å²) in [5.74, 6) is -0.125. The van der Waals surface area contributed by atoms with Crippen LogP contribution in [0.2, 0.25) is 0 Å². The zero-order valence-electron chi connectivity index (χ0n) is 15.5. The van der Waals surface area contributed by atoms with Crippen LogP contribution in [0.15, 0.2) is 24.3 Å². The van der Waals surface area contributed by atoms with Gasteiger partial charge in [0.05, 0.1) is 6.04 Å². The van der Waals surface area contributed by atoms with Crippen molar-refractivity contribution in [2.75, 3.05) is 27.2 Å². The molecule has 1 N–H and O–H groups in total. The number of amides is 1. The number of benzene rings is 1. The third-order valence-corrected chi connectivity index (χ3v) is 6.80. The van der Waals surface area contributed by atoms with E-state index in [4.69, 9.17) is 0 Å². The van der Waals surface area contributed by atoms with Crippen LogP contribution in [-0.2, 0) is 21.4 Å². The maximum Gasteiger partial charge on any atom is 0.281 e. The first-order chi connectivity index (χ1) is 11.8. The van der Waals surface area contributed by atoms with Crippen LogP contribution in [0, 0.1) is 5.92 Å². The highest BCUT2D eigenvalue weighted by atomic mass is 32.2. The standard InChI is InChI=1S/C18H29N3O3S/c1-5-15-6-8-16(9-7-15)14(2)19-18(22)17-10-12-21(13-11-17)25(23,24)20(3)4/h6-9,14,17H,5,10-13H2,1-4H3,(H,19,22)/t14-/m0/s1. The molecule has 0 saturated carbocycles. The minimum Gasteiger partial charge on any atom is -0.349 e. The minimum atomic E-state index is -3.39. The van der Waals surface area contributed by atoms with Crippen LogP contribution in [0.1, 0.15) is 43.9 Å². The fourth-order valence-electron chi connectivity index (χ4n) is 3.04. The molecule has 6 nitrogen and oxygen atoms in total. The van der Waals surface area contributed by atoms with Crippen molar-refractivity contribution in [3.63, 3.8) is 0 Å². The van der Waals surface area contributed by atoms with E-state index in [0.717, 1.165) is 12.0 Å². The number of piperidine rings is 1. The Bertz CT molecular complexity index is 678. The van der Waals surface area contributed by atoms with Crippen LogP contribution in [0.25, 0.3) is 0 Å². The van der Waals surface area contributed by atoms with E-state index in [9.17, 15) is 13.2 Å². The van der Waals surface area contributed by atoms with Gasteiger partial charge in [-0.2, -0.15) is 17.0 Å². The molecule has 0 bridgehead atoms. The SMILES string of the molecule is CCc1ccc([C@H](C)NC(=O)C2CCN(S(=O)(=O)N(C)C)CC2)cc1. The molecule has 0 aliphatic carbocycles. The van der Waals surface area contributed by atoms with E-state index in [-0.39, 0.29) is 17.9 Å². The number of carbonyl (C=O) groups is 1. The summed E-state index contributed by atoms with van der Waals surface area (Å²) in [7, 11) is -0.332. The van der Waals surface area contributed by atoms with Gasteiger partial charge in [-0.15, -0.1) is 0 Å². The van der Waals surface area contributed by atoms with Gasteiger partial charge in [-0.05, 0) is 37.3 Å². The molecule has 1 fully saturated rings. The summed E-state index contributed by atoms with van der Waals surface area (Å²) in [5, 5.41) is 3.06. The lowest BCUT2D eigenvalue weighted by molar-refractivity contribution is -0.126. The highest BCUT2D eigenvalue weighted by molar-refractivity contribution is 7.86. The Kier molecular flexibility index (Phi) is 6.59. The first-order valence-corrected chi connectivity index (χ1v) is 10.2. The summed E-state index contributed by atoms with van der Waals surface area (Å²) in [4.78, 5) is 12.5. The Morgan fingerprint density at radius 1 is 1.24 bits per heavy atom. The Labute approximate surface area is 151 Å². The average Bonchev–Trinajstić information content (AvgIpc) is 2.61. The van der Waals surface area contributed by atoms with Crippen LogP contribution in [0.5, 0.6) is 0 Å². The molecule has 140 valence electrons. The Balaban J connectivity index is 1.89. The number of rotatable bonds is 6. The Hall–Kier alpha value is -1.44. The van der Waals surface area contributed by atoms with Gasteiger partial charge in [-0.3, -0.25) is 4.79 Å². The zero-order valence-corrected chi connectivity index (χ0v) is 16.3. The van der Waals surface area contributed by atoms with Gasteiger partial charge >= 0.3 is 0 Å². The number of hydrogen-bond acceptors (Lipinski definition) is 3. The second-order valence-corrected chi connectivity index (χ2v) is 8.93. The number of aryl methyl sites for hydroxylation is 1. The van der Waals surface area contributed by atoms with E-state index < -0.39 is 10.2 Å². The Morgan fingerprint density at radius 2 is 1.80 bits per heavy atom. The van der Waals surface area contributed by atoms with Gasteiger partial charge in [-0.1, -0.05) is 31.2 Å². The highest BCUT2D eigenvalue weighted by Gasteiger charge is 2.32. The highest BCUT2D eigenvalue weighted by Crippen LogP contribution is 2.22. The summed E-state index contributed by atoms with van der Waals surface area (Å²) in [6.45, 7) is 4.86. The summed E-state index contributed by atoms with van der Waals surface area (Å²) < 4.78 is 26.9. The quantitative estimate of drug-likeness (QED) is 0.835. The predicted octanol–water partition coefficient (Wildman–Crippen LogP) is 1.94. The lowest BCUT2D eigenvalue weighted by Gasteiger charge is -2.32. The van der Waals surface area contributed by atoms with Gasteiger partial charge < -0.3 is 5.32 Å². The largest absolute Gasteiger partial charge is 0.349 e. The number of nitrogens with zero attached hydrogens (tertiary/aromatic N) is 2. The molecular weight excluding hydrogens is 338 g/mol. The van der Waals surface area contributed by atoms with Crippen LogP contribution >= 0.6 is 0 Å². The third-order valence-electron chi connectivity index (χ3n) is 4.86. The summed E-state index contributed by atoms with van der Waals surface area (Å²) in [6.07, 6.45) is 2.11. The number of hydrogen-bond donors (Lipinski definition) is 1. The number of nitrogens with one attached hydrogen (secondary N) is 1. The van der Waals surface area contributed by atoms with Crippen LogP contribution < -0.4 is 5.32 Å². The van der Waals surface area contributed by atoms with Crippen LogP contribution in [0.4, 0.5) is 0 Å². The van der Waals surface area contributed by atoms with E-state index in [1.165, 1.54) is 28.3 Å². The van der Waals surface area contributed by atoms with Gasteiger partial charge in [0.1, 0.15) is 0 Å². The zero-order chi connectivity index (χ0) is 18.6. The van der Waals surface area contributed by atoms with Crippen LogP contribution in [-0.4, -0.2) is 50.1 Å². The molecule has 1 saturated heterocycles. The monoisotopic (exact) mass is 367 g/mol. The van der Waals surface area contributed by atoms with E-state index in [1.807, 2.05) is 6.92 Å². The van der Waals surface area contributed by atoms with Crippen molar-refractivity contribution < 1.29 is 13.2 Å². The van der Waals surface area contributed by atoms with Gasteiger partial charge in [0.25, 0.3) is 10.2 Å². The molecule has 0 unspecified atom stereocenters. The molecule has 1 amide bonds. The Morgan fingerprint density at radius 3 is 2.28 bits per heavy atom. The summed E-state index contributed by atoms with van der Waals surface area (Å²) >= 11 is 0. The molecule has 0 spiro atoms. The maximum atomic E-state index is 12.5. The molecule has 1 atom stereocenters. The van der Waals surface area contributed by atoms with Crippen molar-refractivity contribution in [2.45, 2.75) is 39.2 Å². The lowest BCUT2D eigenvalue weighted by atomic mass is 9.96. The maximum absolute atomic E-state index is 12.5. The molecule has 0 radical (unpaired) electrons. The van der Waals surface area contributed by atoms with Gasteiger partial charge in [0, 0.05) is 33.1 Å². The van der Waals surface area contributed by atoms with Crippen molar-refractivity contribution in [1.29, 1.82) is 0 Å². The second-order valence-electron chi connectivity index (χ2n) is 6.79. The molecule has 7 heteroatoms. The predicted molar refractivity (Wildman–Crippen MR) is 99.3 cm³/mol. The molecule has 25 heavy (non-hydrogen) atoms. The van der Waals surface area contributed by atoms with Crippen molar-refractivity contribution in [3.8, 4) is 0 Å². The molecule has 1 aliphatic heterocycles. The smallest absolute Gasteiger partial charge is 0.281 e. The molecule has 1 aliphatic rings. The van der Waals surface area contributed by atoms with Crippen molar-refractivity contribution in [3.05, 3.63) is 35.4 Å². The molecule has 1 aromatic rings. The van der Waals surface area contributed by atoms with Crippen molar-refractivity contribution in [2.24, 2.45) is 5.92 Å².